The Kier molecular flexibility index (Phi) is 7.07. The van der Waals surface area contributed by atoms with Crippen LogP contribution in [0.1, 0.15) is 63.4 Å². The summed E-state index contributed by atoms with van der Waals surface area (Å²) in [4.78, 5) is 0. The molecule has 2 heteroatoms. The zero-order valence-electron chi connectivity index (χ0n) is 16.2. The molecule has 0 bridgehead atoms. The van der Waals surface area contributed by atoms with Crippen molar-refractivity contribution < 1.29 is 4.39 Å². The average molecular weight is 369 g/mol. The summed E-state index contributed by atoms with van der Waals surface area (Å²) in [5.41, 5.74) is 1.34. The fraction of sp³-hybridized carbons (Fsp3) is 0.500. The first-order chi connectivity index (χ1) is 12.7. The van der Waals surface area contributed by atoms with Gasteiger partial charge in [0.1, 0.15) is 5.82 Å². The van der Waals surface area contributed by atoms with Crippen molar-refractivity contribution in [3.63, 3.8) is 0 Å². The van der Waals surface area contributed by atoms with Gasteiger partial charge in [-0.3, -0.25) is 0 Å². The van der Waals surface area contributed by atoms with E-state index in [1.807, 2.05) is 12.1 Å². The molecule has 140 valence electrons. The molecule has 0 N–H and O–H groups in total. The Hall–Kier alpha value is -1.41. The van der Waals surface area contributed by atoms with Crippen molar-refractivity contribution in [3.05, 3.63) is 66.0 Å². The largest absolute Gasteiger partial charge is 0.207 e. The Balaban J connectivity index is 1.67. The molecule has 0 spiro atoms. The highest BCUT2D eigenvalue weighted by Crippen LogP contribution is 2.40. The molecule has 0 aromatic heterocycles. The Morgan fingerprint density at radius 1 is 0.846 bits per heavy atom. The summed E-state index contributed by atoms with van der Waals surface area (Å²) < 4.78 is 13.2. The van der Waals surface area contributed by atoms with Crippen LogP contribution in [0.15, 0.2) is 54.6 Å². The SMILES string of the molecule is CCCCCCC[Si]1(c2ccccc2)CCC(c2ccc(F)cc2)CC1. The smallest absolute Gasteiger partial charge is 0.123 e. The summed E-state index contributed by atoms with van der Waals surface area (Å²) in [5.74, 6) is 0.504. The van der Waals surface area contributed by atoms with Crippen molar-refractivity contribution in [2.75, 3.05) is 0 Å². The third-order valence-corrected chi connectivity index (χ3v) is 11.8. The number of hydrogen-bond donors (Lipinski definition) is 0. The lowest BCUT2D eigenvalue weighted by Gasteiger charge is -2.39. The molecule has 1 aliphatic heterocycles. The van der Waals surface area contributed by atoms with E-state index in [0.717, 1.165) is 0 Å². The van der Waals surface area contributed by atoms with Crippen molar-refractivity contribution in [1.29, 1.82) is 0 Å². The minimum atomic E-state index is -1.38. The normalized spacial score (nSPS) is 23.1. The fourth-order valence-electron chi connectivity index (χ4n) is 4.78. The van der Waals surface area contributed by atoms with Crippen LogP contribution >= 0.6 is 0 Å². The molecule has 2 aromatic carbocycles. The zero-order valence-corrected chi connectivity index (χ0v) is 17.2. The fourth-order valence-corrected chi connectivity index (χ4v) is 10.0. The van der Waals surface area contributed by atoms with Crippen molar-refractivity contribution in [1.82, 2.24) is 0 Å². The van der Waals surface area contributed by atoms with Crippen LogP contribution in [0.3, 0.4) is 0 Å². The van der Waals surface area contributed by atoms with Gasteiger partial charge in [0.15, 0.2) is 0 Å². The van der Waals surface area contributed by atoms with E-state index in [9.17, 15) is 4.39 Å². The predicted octanol–water partition coefficient (Wildman–Crippen LogP) is 7.03. The highest BCUT2D eigenvalue weighted by atomic mass is 28.3. The van der Waals surface area contributed by atoms with E-state index < -0.39 is 8.07 Å². The Morgan fingerprint density at radius 3 is 2.15 bits per heavy atom. The van der Waals surface area contributed by atoms with Crippen LogP contribution < -0.4 is 5.19 Å². The lowest BCUT2D eigenvalue weighted by atomic mass is 9.93. The van der Waals surface area contributed by atoms with E-state index in [1.54, 1.807) is 17.3 Å². The molecule has 1 aliphatic rings. The lowest BCUT2D eigenvalue weighted by Crippen LogP contribution is -2.49. The van der Waals surface area contributed by atoms with Crippen LogP contribution in [0.5, 0.6) is 0 Å². The molecule has 0 atom stereocenters. The van der Waals surface area contributed by atoms with Crippen LogP contribution in [0.2, 0.25) is 18.1 Å². The number of unbranched alkanes of at least 4 members (excludes halogenated alkanes) is 4. The van der Waals surface area contributed by atoms with Crippen LogP contribution in [0.4, 0.5) is 4.39 Å². The molecule has 1 saturated heterocycles. The first-order valence-corrected chi connectivity index (χ1v) is 13.2. The number of halogens is 1. The van der Waals surface area contributed by atoms with Gasteiger partial charge in [0.05, 0.1) is 8.07 Å². The molecule has 0 amide bonds. The van der Waals surface area contributed by atoms with Gasteiger partial charge in [-0.1, -0.05) is 105 Å². The predicted molar refractivity (Wildman–Crippen MR) is 113 cm³/mol. The summed E-state index contributed by atoms with van der Waals surface area (Å²) in [6.45, 7) is 2.29. The van der Waals surface area contributed by atoms with E-state index >= 15 is 0 Å². The highest BCUT2D eigenvalue weighted by Gasteiger charge is 2.38. The second-order valence-corrected chi connectivity index (χ2v) is 12.8. The Bertz CT molecular complexity index is 642. The quantitative estimate of drug-likeness (QED) is 0.346. The van der Waals surface area contributed by atoms with Crippen LogP contribution in [0, 0.1) is 5.82 Å². The van der Waals surface area contributed by atoms with Crippen LogP contribution in [-0.4, -0.2) is 8.07 Å². The third kappa shape index (κ3) is 4.85. The summed E-state index contributed by atoms with van der Waals surface area (Å²) in [6, 6.07) is 22.9. The summed E-state index contributed by atoms with van der Waals surface area (Å²) in [7, 11) is -1.38. The standard InChI is InChI=1S/C24H33FSi/c1-2-3-4-5-9-18-26(24-10-7-6-8-11-24)19-16-22(17-20-26)21-12-14-23(25)15-13-21/h6-8,10-15,22H,2-5,9,16-20H2,1H3. The van der Waals surface area contributed by atoms with Crippen molar-refractivity contribution in [2.24, 2.45) is 0 Å². The van der Waals surface area contributed by atoms with E-state index in [0.29, 0.717) is 5.92 Å². The number of benzene rings is 2. The third-order valence-electron chi connectivity index (χ3n) is 6.43. The molecule has 2 aromatic rings. The molecule has 1 heterocycles. The van der Waals surface area contributed by atoms with Gasteiger partial charge in [0.2, 0.25) is 0 Å². The monoisotopic (exact) mass is 368 g/mol. The summed E-state index contributed by atoms with van der Waals surface area (Å²) >= 11 is 0. The van der Waals surface area contributed by atoms with E-state index in [-0.39, 0.29) is 5.82 Å². The molecule has 26 heavy (non-hydrogen) atoms. The zero-order chi connectivity index (χ0) is 18.2. The van der Waals surface area contributed by atoms with Crippen LogP contribution in [-0.2, 0) is 0 Å². The summed E-state index contributed by atoms with van der Waals surface area (Å²) in [5, 5.41) is 1.67. The highest BCUT2D eigenvalue weighted by molar-refractivity contribution is 6.92. The number of rotatable bonds is 8. The van der Waals surface area contributed by atoms with Gasteiger partial charge in [-0.2, -0.15) is 0 Å². The first kappa shape index (κ1) is 19.4. The van der Waals surface area contributed by atoms with Gasteiger partial charge < -0.3 is 0 Å². The Morgan fingerprint density at radius 2 is 1.50 bits per heavy atom. The first-order valence-electron chi connectivity index (χ1n) is 10.5. The van der Waals surface area contributed by atoms with Gasteiger partial charge in [-0.05, 0) is 36.5 Å². The second kappa shape index (κ2) is 9.50. The van der Waals surface area contributed by atoms with E-state index in [4.69, 9.17) is 0 Å². The van der Waals surface area contributed by atoms with Crippen LogP contribution in [0.25, 0.3) is 0 Å². The molecule has 0 aliphatic carbocycles. The average Bonchev–Trinajstić information content (AvgIpc) is 2.70. The molecule has 0 unspecified atom stereocenters. The molecule has 1 fully saturated rings. The molecule has 0 radical (unpaired) electrons. The van der Waals surface area contributed by atoms with E-state index in [1.165, 1.54) is 68.6 Å². The van der Waals surface area contributed by atoms with Gasteiger partial charge >= 0.3 is 0 Å². The topological polar surface area (TPSA) is 0 Å². The van der Waals surface area contributed by atoms with Crippen molar-refractivity contribution in [2.45, 2.75) is 75.9 Å². The van der Waals surface area contributed by atoms with E-state index in [2.05, 4.69) is 37.3 Å². The van der Waals surface area contributed by atoms with Crippen molar-refractivity contribution in [3.8, 4) is 0 Å². The molecule has 3 rings (SSSR count). The molecule has 0 nitrogen and oxygen atoms in total. The van der Waals surface area contributed by atoms with Gasteiger partial charge in [-0.15, -0.1) is 0 Å². The molecular formula is C24H33FSi. The summed E-state index contributed by atoms with van der Waals surface area (Å²) in [6.07, 6.45) is 9.46. The molecular weight excluding hydrogens is 335 g/mol. The maximum Gasteiger partial charge on any atom is 0.123 e. The maximum absolute atomic E-state index is 13.2. The van der Waals surface area contributed by atoms with Crippen molar-refractivity contribution >= 4 is 13.3 Å². The van der Waals surface area contributed by atoms with Gasteiger partial charge in [-0.25, -0.2) is 4.39 Å². The maximum atomic E-state index is 13.2. The lowest BCUT2D eigenvalue weighted by molar-refractivity contribution is 0.588. The minimum Gasteiger partial charge on any atom is -0.207 e. The van der Waals surface area contributed by atoms with Gasteiger partial charge in [0.25, 0.3) is 0 Å². The van der Waals surface area contributed by atoms with Gasteiger partial charge in [0, 0.05) is 0 Å². The second-order valence-electron chi connectivity index (χ2n) is 8.14. The Labute approximate surface area is 159 Å². The molecule has 0 saturated carbocycles. The minimum absolute atomic E-state index is 0.121. The number of hydrogen-bond acceptors (Lipinski definition) is 0.